The predicted molar refractivity (Wildman–Crippen MR) is 93.2 cm³/mol. The van der Waals surface area contributed by atoms with Crippen molar-refractivity contribution in [3.8, 4) is 0 Å². The van der Waals surface area contributed by atoms with Crippen LogP contribution in [-0.4, -0.2) is 71.5 Å². The topological polar surface area (TPSA) is 128 Å². The fraction of sp³-hybridized carbons (Fsp3) is 0.765. The highest BCUT2D eigenvalue weighted by Crippen LogP contribution is 2.20. The predicted octanol–water partition coefficient (Wildman–Crippen LogP) is -0.929. The number of hydrogen-bond acceptors (Lipinski definition) is 5. The summed E-state index contributed by atoms with van der Waals surface area (Å²) in [6.07, 6.45) is 2.82. The van der Waals surface area contributed by atoms with Gasteiger partial charge in [-0.2, -0.15) is 0 Å². The van der Waals surface area contributed by atoms with Crippen LogP contribution >= 0.6 is 0 Å². The van der Waals surface area contributed by atoms with Crippen LogP contribution < -0.4 is 16.0 Å². The molecule has 3 amide bonds. The minimum atomic E-state index is -1.13. The first-order valence-electron chi connectivity index (χ1n) is 9.15. The van der Waals surface area contributed by atoms with E-state index in [4.69, 9.17) is 5.11 Å². The van der Waals surface area contributed by atoms with E-state index < -0.39 is 30.5 Å². The molecule has 0 aromatic heterocycles. The lowest BCUT2D eigenvalue weighted by atomic mass is 10.0. The highest BCUT2D eigenvalue weighted by atomic mass is 16.4. The Morgan fingerprint density at radius 2 is 1.88 bits per heavy atom. The molecule has 146 valence electrons. The third kappa shape index (κ3) is 4.94. The Hall–Kier alpha value is -2.16. The number of hydrogen-bond donors (Lipinski definition) is 4. The smallest absolute Gasteiger partial charge is 0.322 e. The number of rotatable bonds is 7. The van der Waals surface area contributed by atoms with Crippen molar-refractivity contribution in [2.75, 3.05) is 19.6 Å². The van der Waals surface area contributed by atoms with Crippen molar-refractivity contribution in [2.45, 2.75) is 57.7 Å². The summed E-state index contributed by atoms with van der Waals surface area (Å²) in [5.41, 5.74) is 0. The van der Waals surface area contributed by atoms with Gasteiger partial charge in [-0.1, -0.05) is 13.8 Å². The van der Waals surface area contributed by atoms with Crippen molar-refractivity contribution in [1.29, 1.82) is 0 Å². The average Bonchev–Trinajstić information content (AvgIpc) is 3.27. The minimum Gasteiger partial charge on any atom is -0.480 e. The van der Waals surface area contributed by atoms with Crippen molar-refractivity contribution in [3.05, 3.63) is 0 Å². The molecule has 0 radical (unpaired) electrons. The van der Waals surface area contributed by atoms with Gasteiger partial charge in [-0.15, -0.1) is 0 Å². The second kappa shape index (κ2) is 8.98. The lowest BCUT2D eigenvalue weighted by molar-refractivity contribution is -0.143. The third-order valence-corrected chi connectivity index (χ3v) is 4.86. The highest BCUT2D eigenvalue weighted by Gasteiger charge is 2.39. The molecule has 3 atom stereocenters. The Morgan fingerprint density at radius 3 is 2.46 bits per heavy atom. The van der Waals surface area contributed by atoms with E-state index >= 15 is 0 Å². The van der Waals surface area contributed by atoms with Crippen LogP contribution in [0.5, 0.6) is 0 Å². The van der Waals surface area contributed by atoms with Crippen LogP contribution in [0.4, 0.5) is 0 Å². The van der Waals surface area contributed by atoms with Gasteiger partial charge in [-0.3, -0.25) is 19.2 Å². The molecule has 4 N–H and O–H groups in total. The van der Waals surface area contributed by atoms with Crippen molar-refractivity contribution >= 4 is 23.7 Å². The SMILES string of the molecule is CC(C)C(NC(=O)C1CCCN1)C(=O)N1CCCC1C(=O)NCC(=O)O. The number of nitrogens with one attached hydrogen (secondary N) is 3. The number of aliphatic carboxylic acids is 1. The van der Waals surface area contributed by atoms with E-state index in [2.05, 4.69) is 16.0 Å². The molecule has 0 saturated carbocycles. The number of carbonyl (C=O) groups excluding carboxylic acids is 3. The first-order chi connectivity index (χ1) is 12.3. The van der Waals surface area contributed by atoms with Gasteiger partial charge in [0.05, 0.1) is 6.04 Å². The number of carboxylic acid groups (broad SMARTS) is 1. The normalized spacial score (nSPS) is 23.7. The van der Waals surface area contributed by atoms with Crippen LogP contribution in [0.3, 0.4) is 0 Å². The second-order valence-electron chi connectivity index (χ2n) is 7.18. The van der Waals surface area contributed by atoms with Crippen LogP contribution in [0.1, 0.15) is 39.5 Å². The van der Waals surface area contributed by atoms with Crippen molar-refractivity contribution in [1.82, 2.24) is 20.9 Å². The zero-order valence-corrected chi connectivity index (χ0v) is 15.3. The maximum Gasteiger partial charge on any atom is 0.322 e. The summed E-state index contributed by atoms with van der Waals surface area (Å²) in [4.78, 5) is 49.7. The number of carboxylic acids is 1. The van der Waals surface area contributed by atoms with Crippen LogP contribution in [0, 0.1) is 5.92 Å². The summed E-state index contributed by atoms with van der Waals surface area (Å²) in [6.45, 7) is 4.43. The molecule has 0 bridgehead atoms. The van der Waals surface area contributed by atoms with Crippen LogP contribution in [0.15, 0.2) is 0 Å². The Labute approximate surface area is 152 Å². The summed E-state index contributed by atoms with van der Waals surface area (Å²) in [5.74, 6) is -2.22. The van der Waals surface area contributed by atoms with Gasteiger partial charge in [0.25, 0.3) is 0 Å². The summed E-state index contributed by atoms with van der Waals surface area (Å²) in [6, 6.07) is -1.68. The van der Waals surface area contributed by atoms with Crippen LogP contribution in [0.25, 0.3) is 0 Å². The molecule has 2 saturated heterocycles. The molecule has 2 aliphatic rings. The van der Waals surface area contributed by atoms with E-state index in [9.17, 15) is 19.2 Å². The van der Waals surface area contributed by atoms with Gasteiger partial charge in [-0.25, -0.2) is 0 Å². The summed E-state index contributed by atoms with van der Waals surface area (Å²) >= 11 is 0. The maximum absolute atomic E-state index is 13.0. The van der Waals surface area contributed by atoms with Gasteiger partial charge < -0.3 is 26.0 Å². The van der Waals surface area contributed by atoms with Gasteiger partial charge in [0.2, 0.25) is 17.7 Å². The molecule has 0 spiro atoms. The number of carbonyl (C=O) groups is 4. The molecule has 0 aliphatic carbocycles. The molecule has 3 unspecified atom stereocenters. The van der Waals surface area contributed by atoms with Gasteiger partial charge in [0.15, 0.2) is 0 Å². The number of amides is 3. The Kier molecular flexibility index (Phi) is 6.96. The quantitative estimate of drug-likeness (QED) is 0.460. The molecule has 2 rings (SSSR count). The molecule has 9 nitrogen and oxygen atoms in total. The summed E-state index contributed by atoms with van der Waals surface area (Å²) in [7, 11) is 0. The molecule has 9 heteroatoms. The second-order valence-corrected chi connectivity index (χ2v) is 7.18. The minimum absolute atomic E-state index is 0.129. The van der Waals surface area contributed by atoms with E-state index in [1.165, 1.54) is 4.90 Å². The maximum atomic E-state index is 13.0. The molecule has 2 aliphatic heterocycles. The van der Waals surface area contributed by atoms with Crippen molar-refractivity contribution < 1.29 is 24.3 Å². The lowest BCUT2D eigenvalue weighted by Crippen LogP contribution is -2.57. The van der Waals surface area contributed by atoms with Crippen molar-refractivity contribution in [2.24, 2.45) is 5.92 Å². The monoisotopic (exact) mass is 368 g/mol. The zero-order chi connectivity index (χ0) is 19.3. The molecule has 2 fully saturated rings. The zero-order valence-electron chi connectivity index (χ0n) is 15.3. The largest absolute Gasteiger partial charge is 0.480 e. The van der Waals surface area contributed by atoms with E-state index in [0.717, 1.165) is 19.4 Å². The fourth-order valence-corrected chi connectivity index (χ4v) is 3.44. The summed E-state index contributed by atoms with van der Waals surface area (Å²) < 4.78 is 0. The average molecular weight is 368 g/mol. The Balaban J connectivity index is 2.02. The van der Waals surface area contributed by atoms with E-state index in [1.54, 1.807) is 0 Å². The molecule has 26 heavy (non-hydrogen) atoms. The first-order valence-corrected chi connectivity index (χ1v) is 9.15. The van der Waals surface area contributed by atoms with E-state index in [1.807, 2.05) is 13.8 Å². The third-order valence-electron chi connectivity index (χ3n) is 4.86. The van der Waals surface area contributed by atoms with Gasteiger partial charge in [-0.05, 0) is 38.1 Å². The number of likely N-dealkylation sites (tertiary alicyclic amines) is 1. The first kappa shape index (κ1) is 20.2. The van der Waals surface area contributed by atoms with Crippen molar-refractivity contribution in [3.63, 3.8) is 0 Å². The van der Waals surface area contributed by atoms with E-state index in [0.29, 0.717) is 19.4 Å². The van der Waals surface area contributed by atoms with Gasteiger partial charge >= 0.3 is 5.97 Å². The molecular formula is C17H28N4O5. The Morgan fingerprint density at radius 1 is 1.15 bits per heavy atom. The highest BCUT2D eigenvalue weighted by molar-refractivity contribution is 5.94. The molecule has 0 aromatic carbocycles. The number of nitrogens with zero attached hydrogens (tertiary/aromatic N) is 1. The van der Waals surface area contributed by atoms with Gasteiger partial charge in [0, 0.05) is 6.54 Å². The lowest BCUT2D eigenvalue weighted by Gasteiger charge is -2.31. The fourth-order valence-electron chi connectivity index (χ4n) is 3.44. The standard InChI is InChI=1S/C17H28N4O5/c1-10(2)14(20-15(24)11-5-3-7-18-11)17(26)21-8-4-6-12(21)16(25)19-9-13(22)23/h10-12,14,18H,3-9H2,1-2H3,(H,19,25)(H,20,24)(H,22,23). The van der Waals surface area contributed by atoms with Crippen LogP contribution in [-0.2, 0) is 19.2 Å². The Bertz CT molecular complexity index is 559. The molecule has 0 aromatic rings. The molecular weight excluding hydrogens is 340 g/mol. The summed E-state index contributed by atoms with van der Waals surface area (Å²) in [5, 5.41) is 17.0. The van der Waals surface area contributed by atoms with Gasteiger partial charge in [0.1, 0.15) is 18.6 Å². The van der Waals surface area contributed by atoms with Crippen LogP contribution in [0.2, 0.25) is 0 Å². The molecule has 2 heterocycles. The van der Waals surface area contributed by atoms with E-state index in [-0.39, 0.29) is 23.8 Å².